The Kier molecular flexibility index (Phi) is 13.6. The fourth-order valence-corrected chi connectivity index (χ4v) is 10.6. The molecule has 0 unspecified atom stereocenters. The largest absolute Gasteiger partial charge is 0.458 e. The monoisotopic (exact) mass is 850 g/mol. The van der Waals surface area contributed by atoms with Gasteiger partial charge in [-0.2, -0.15) is 5.10 Å². The number of benzene rings is 1. The summed E-state index contributed by atoms with van der Waals surface area (Å²) < 4.78 is 41.7. The Bertz CT molecular complexity index is 1890. The molecule has 5 aliphatic heterocycles. The molecule has 1 N–H and O–H groups in total. The predicted molar refractivity (Wildman–Crippen MR) is 226 cm³/mol. The highest BCUT2D eigenvalue weighted by Gasteiger charge is 2.60. The lowest BCUT2D eigenvalue weighted by molar-refractivity contribution is -0.302. The van der Waals surface area contributed by atoms with Crippen LogP contribution in [0.3, 0.4) is 0 Å². The molecule has 4 saturated heterocycles. The van der Waals surface area contributed by atoms with E-state index in [-0.39, 0.29) is 43.8 Å². The topological polar surface area (TPSA) is 168 Å². The Morgan fingerprint density at radius 3 is 2.49 bits per heavy atom. The Hall–Kier alpha value is -3.93. The SMILES string of the molecule is CC[C@H]1OC(=O)[C@@H](C)[C@H]2OCC(=NOCc3ccc(-n4cccn4)cc3)CO[C@](C)(C[C@@H](C)C3=NCCN4C(=O)O[C@@]1(C)[C@H]4[C@H]3C)[C@H](O[C@H]1O[C@@H](C)C[C@@H](N(C)C)[C@@H]1O)[C@H]2C. The lowest BCUT2D eigenvalue weighted by atomic mass is 9.72. The van der Waals surface area contributed by atoms with Gasteiger partial charge in [-0.05, 0) is 90.7 Å². The molecule has 4 bridgehead atoms. The standard InChI is InChI=1S/C45H66N6O10/c1-11-35-45(8)39-28(4)36(46-18-20-50(39)43(54)61-45)26(2)22-44(7)40(60-42-37(52)34(49(9)10)21-27(3)58-42)29(5)38(30(6)41(53)59-35)55-24-32(25-56-44)48-57-23-31-13-15-33(16-14-31)51-19-12-17-47-51/h12-17,19,26-30,34-35,37-40,42,52H,11,18,20-25H2,1-10H3/t26-,27+,28+,29+,30+,34-,35-,37+,38+,39-,40-,42-,44-,45-/m1/s1. The number of carbonyl (C=O) groups is 2. The van der Waals surface area contributed by atoms with Crippen LogP contribution >= 0.6 is 0 Å². The van der Waals surface area contributed by atoms with Gasteiger partial charge in [-0.1, -0.05) is 45.0 Å². The van der Waals surface area contributed by atoms with Crippen LogP contribution in [0.25, 0.3) is 5.69 Å². The van der Waals surface area contributed by atoms with Crippen molar-refractivity contribution in [2.45, 2.75) is 141 Å². The molecule has 2 aromatic rings. The molecule has 1 amide bonds. The molecule has 6 heterocycles. The van der Waals surface area contributed by atoms with E-state index in [2.05, 4.69) is 24.1 Å². The first-order valence-corrected chi connectivity index (χ1v) is 22.0. The Morgan fingerprint density at radius 2 is 1.80 bits per heavy atom. The van der Waals surface area contributed by atoms with Crippen molar-refractivity contribution >= 4 is 23.5 Å². The number of aliphatic imine (C=N–C) groups is 1. The van der Waals surface area contributed by atoms with Crippen molar-refractivity contribution in [1.82, 2.24) is 19.6 Å². The highest BCUT2D eigenvalue weighted by atomic mass is 16.7. The molecular weight excluding hydrogens is 785 g/mol. The van der Waals surface area contributed by atoms with Gasteiger partial charge in [-0.15, -0.1) is 0 Å². The smallest absolute Gasteiger partial charge is 0.410 e. The molecule has 1 aromatic carbocycles. The van der Waals surface area contributed by atoms with Crippen LogP contribution in [0.4, 0.5) is 4.79 Å². The summed E-state index contributed by atoms with van der Waals surface area (Å²) in [6.07, 6.45) is 0.173. The van der Waals surface area contributed by atoms with E-state index in [9.17, 15) is 14.7 Å². The zero-order valence-corrected chi connectivity index (χ0v) is 37.4. The average Bonchev–Trinajstić information content (AvgIpc) is 3.81. The quantitative estimate of drug-likeness (QED) is 0.278. The zero-order valence-electron chi connectivity index (χ0n) is 37.4. The molecule has 7 rings (SSSR count). The molecule has 16 heteroatoms. The van der Waals surface area contributed by atoms with Crippen LogP contribution in [-0.4, -0.2) is 149 Å². The van der Waals surface area contributed by atoms with E-state index in [4.69, 9.17) is 38.3 Å². The third kappa shape index (κ3) is 9.12. The normalized spacial score (nSPS) is 39.4. The summed E-state index contributed by atoms with van der Waals surface area (Å²) in [4.78, 5) is 43.0. The van der Waals surface area contributed by atoms with E-state index in [1.165, 1.54) is 0 Å². The molecular formula is C45H66N6O10. The summed E-state index contributed by atoms with van der Waals surface area (Å²) in [5.74, 6) is -2.25. The first-order chi connectivity index (χ1) is 29.0. The number of aromatic nitrogens is 2. The van der Waals surface area contributed by atoms with Gasteiger partial charge in [0.2, 0.25) is 0 Å². The number of likely N-dealkylation sites (N-methyl/N-ethyl adjacent to an activating group) is 1. The van der Waals surface area contributed by atoms with Crippen LogP contribution in [0.1, 0.15) is 80.2 Å². The van der Waals surface area contributed by atoms with Crippen molar-refractivity contribution < 1.29 is 48.0 Å². The number of esters is 1. The van der Waals surface area contributed by atoms with Gasteiger partial charge in [0.05, 0.1) is 61.3 Å². The fourth-order valence-electron chi connectivity index (χ4n) is 10.6. The number of fused-ring (bicyclic) bond motifs is 4. The number of oxime groups is 1. The van der Waals surface area contributed by atoms with Crippen molar-refractivity contribution in [3.63, 3.8) is 0 Å². The third-order valence-electron chi connectivity index (χ3n) is 13.7. The Balaban J connectivity index is 1.27. The zero-order chi connectivity index (χ0) is 43.8. The maximum absolute atomic E-state index is 14.6. The minimum atomic E-state index is -1.14. The molecule has 0 aliphatic carbocycles. The van der Waals surface area contributed by atoms with Crippen LogP contribution in [0.15, 0.2) is 52.9 Å². The van der Waals surface area contributed by atoms with E-state index >= 15 is 0 Å². The van der Waals surface area contributed by atoms with Crippen molar-refractivity contribution in [2.75, 3.05) is 40.4 Å². The summed E-state index contributed by atoms with van der Waals surface area (Å²) in [5.41, 5.74) is 1.01. The summed E-state index contributed by atoms with van der Waals surface area (Å²) in [7, 11) is 3.88. The number of amides is 1. The first kappa shape index (κ1) is 45.1. The third-order valence-corrected chi connectivity index (χ3v) is 13.7. The van der Waals surface area contributed by atoms with Gasteiger partial charge in [-0.25, -0.2) is 9.48 Å². The highest BCUT2D eigenvalue weighted by Crippen LogP contribution is 2.45. The molecule has 61 heavy (non-hydrogen) atoms. The van der Waals surface area contributed by atoms with E-state index in [0.29, 0.717) is 38.1 Å². The molecule has 4 fully saturated rings. The Morgan fingerprint density at radius 1 is 1.05 bits per heavy atom. The van der Waals surface area contributed by atoms with Gasteiger partial charge in [0, 0.05) is 42.5 Å². The number of hydrogen-bond donors (Lipinski definition) is 1. The molecule has 0 saturated carbocycles. The van der Waals surface area contributed by atoms with Crippen molar-refractivity contribution in [3.8, 4) is 5.69 Å². The number of carbonyl (C=O) groups excluding carboxylic acids is 2. The molecule has 14 atom stereocenters. The number of aliphatic hydroxyl groups excluding tert-OH is 1. The van der Waals surface area contributed by atoms with Crippen molar-refractivity contribution in [3.05, 3.63) is 48.3 Å². The minimum absolute atomic E-state index is 0.00117. The second-order valence-electron chi connectivity index (χ2n) is 18.4. The molecule has 0 spiro atoms. The van der Waals surface area contributed by atoms with Crippen LogP contribution in [0.5, 0.6) is 0 Å². The highest BCUT2D eigenvalue weighted by molar-refractivity contribution is 5.91. The molecule has 336 valence electrons. The summed E-state index contributed by atoms with van der Waals surface area (Å²) >= 11 is 0. The van der Waals surface area contributed by atoms with Gasteiger partial charge >= 0.3 is 12.1 Å². The summed E-state index contributed by atoms with van der Waals surface area (Å²) in [6, 6.07) is 9.07. The average molecular weight is 851 g/mol. The van der Waals surface area contributed by atoms with Gasteiger partial charge < -0.3 is 43.3 Å². The lowest BCUT2D eigenvalue weighted by Crippen LogP contribution is -2.60. The molecule has 0 radical (unpaired) electrons. The number of nitrogens with zero attached hydrogens (tertiary/aromatic N) is 6. The number of ether oxygens (including phenoxy) is 6. The van der Waals surface area contributed by atoms with E-state index < -0.39 is 71.8 Å². The lowest BCUT2D eigenvalue weighted by Gasteiger charge is -2.48. The maximum atomic E-state index is 14.6. The summed E-state index contributed by atoms with van der Waals surface area (Å²) in [5, 5.41) is 20.7. The van der Waals surface area contributed by atoms with E-state index in [1.807, 2.05) is 90.1 Å². The Labute approximate surface area is 359 Å². The van der Waals surface area contributed by atoms with Crippen LogP contribution in [-0.2, 0) is 44.7 Å². The maximum Gasteiger partial charge on any atom is 0.410 e. The van der Waals surface area contributed by atoms with Crippen molar-refractivity contribution in [2.24, 2.45) is 33.8 Å². The second kappa shape index (κ2) is 18.4. The van der Waals surface area contributed by atoms with Gasteiger partial charge in [0.25, 0.3) is 0 Å². The van der Waals surface area contributed by atoms with Gasteiger partial charge in [0.15, 0.2) is 11.9 Å². The number of cyclic esters (lactones) is 1. The van der Waals surface area contributed by atoms with Crippen molar-refractivity contribution in [1.29, 1.82) is 0 Å². The van der Waals surface area contributed by atoms with Crippen LogP contribution in [0, 0.1) is 23.7 Å². The fraction of sp³-hybridized carbons (Fsp3) is 0.711. The van der Waals surface area contributed by atoms with E-state index in [0.717, 1.165) is 17.0 Å². The van der Waals surface area contributed by atoms with Gasteiger partial charge in [-0.3, -0.25) is 14.7 Å². The number of aliphatic hydroxyl groups is 1. The number of hydrogen-bond acceptors (Lipinski definition) is 14. The molecule has 1 aromatic heterocycles. The predicted octanol–water partition coefficient (Wildman–Crippen LogP) is 5.03. The molecule has 16 nitrogen and oxygen atoms in total. The number of rotatable bonds is 8. The van der Waals surface area contributed by atoms with Crippen LogP contribution < -0.4 is 0 Å². The second-order valence-corrected chi connectivity index (χ2v) is 18.4. The minimum Gasteiger partial charge on any atom is -0.458 e. The first-order valence-electron chi connectivity index (χ1n) is 22.0. The van der Waals surface area contributed by atoms with E-state index in [1.54, 1.807) is 22.7 Å². The molecule has 5 aliphatic rings. The van der Waals surface area contributed by atoms with Crippen LogP contribution in [0.2, 0.25) is 0 Å². The van der Waals surface area contributed by atoms with Gasteiger partial charge in [0.1, 0.15) is 24.5 Å². The summed E-state index contributed by atoms with van der Waals surface area (Å²) in [6.45, 7) is 16.8.